The summed E-state index contributed by atoms with van der Waals surface area (Å²) in [7, 11) is 0. The molecule has 0 bridgehead atoms. The molecule has 1 aromatic carbocycles. The molecule has 2 rings (SSSR count). The van der Waals surface area contributed by atoms with E-state index in [1.54, 1.807) is 17.4 Å². The zero-order valence-corrected chi connectivity index (χ0v) is 10.7. The van der Waals surface area contributed by atoms with E-state index in [4.69, 9.17) is 6.42 Å². The molecule has 0 saturated carbocycles. The molecule has 3 heteroatoms. The third kappa shape index (κ3) is 3.47. The van der Waals surface area contributed by atoms with Gasteiger partial charge in [0.05, 0.1) is 0 Å². The van der Waals surface area contributed by atoms with Gasteiger partial charge in [-0.2, -0.15) is 0 Å². The predicted octanol–water partition coefficient (Wildman–Crippen LogP) is 3.30. The molecule has 0 saturated heterocycles. The quantitative estimate of drug-likeness (QED) is 0.834. The molecule has 2 aromatic rings. The van der Waals surface area contributed by atoms with E-state index in [1.165, 1.54) is 4.88 Å². The van der Waals surface area contributed by atoms with E-state index in [1.807, 2.05) is 35.7 Å². The van der Waals surface area contributed by atoms with Crippen molar-refractivity contribution in [1.82, 2.24) is 0 Å². The van der Waals surface area contributed by atoms with Gasteiger partial charge in [-0.05, 0) is 36.1 Å². The first-order valence-corrected chi connectivity index (χ1v) is 6.55. The number of carbonyl (C=O) groups is 1. The lowest BCUT2D eigenvalue weighted by atomic mass is 10.2. The van der Waals surface area contributed by atoms with Crippen LogP contribution in [0.4, 0.5) is 5.69 Å². The maximum atomic E-state index is 11.7. The Kier molecular flexibility index (Phi) is 4.16. The third-order valence-corrected chi connectivity index (χ3v) is 3.43. The highest BCUT2D eigenvalue weighted by molar-refractivity contribution is 7.09. The van der Waals surface area contributed by atoms with Crippen LogP contribution in [0.5, 0.6) is 0 Å². The average Bonchev–Trinajstić information content (AvgIpc) is 2.90. The van der Waals surface area contributed by atoms with Gasteiger partial charge in [-0.3, -0.25) is 4.79 Å². The highest BCUT2D eigenvalue weighted by Crippen LogP contribution is 2.13. The van der Waals surface area contributed by atoms with E-state index >= 15 is 0 Å². The summed E-state index contributed by atoms with van der Waals surface area (Å²) in [4.78, 5) is 13.0. The first-order chi connectivity index (χ1) is 8.78. The summed E-state index contributed by atoms with van der Waals surface area (Å²) in [6.45, 7) is 0. The summed E-state index contributed by atoms with van der Waals surface area (Å²) in [6.07, 6.45) is 6.57. The fourth-order valence-corrected chi connectivity index (χ4v) is 2.31. The van der Waals surface area contributed by atoms with Crippen LogP contribution in [0.1, 0.15) is 16.9 Å². The SMILES string of the molecule is C#Cc1cccc(NC(=O)CCc2cccs2)c1. The molecule has 1 aromatic heterocycles. The van der Waals surface area contributed by atoms with Crippen LogP contribution in [0.2, 0.25) is 0 Å². The Balaban J connectivity index is 1.89. The number of benzene rings is 1. The van der Waals surface area contributed by atoms with Gasteiger partial charge in [0.15, 0.2) is 0 Å². The zero-order valence-electron chi connectivity index (χ0n) is 9.85. The largest absolute Gasteiger partial charge is 0.326 e. The first-order valence-electron chi connectivity index (χ1n) is 5.67. The van der Waals surface area contributed by atoms with Gasteiger partial charge in [0, 0.05) is 22.5 Å². The zero-order chi connectivity index (χ0) is 12.8. The van der Waals surface area contributed by atoms with Crippen LogP contribution < -0.4 is 5.32 Å². The number of hydrogen-bond acceptors (Lipinski definition) is 2. The van der Waals surface area contributed by atoms with E-state index in [2.05, 4.69) is 11.2 Å². The lowest BCUT2D eigenvalue weighted by Crippen LogP contribution is -2.12. The number of terminal acetylenes is 1. The van der Waals surface area contributed by atoms with Crippen molar-refractivity contribution in [3.8, 4) is 12.3 Å². The molecule has 18 heavy (non-hydrogen) atoms. The van der Waals surface area contributed by atoms with Crippen LogP contribution in [-0.4, -0.2) is 5.91 Å². The molecule has 0 aliphatic rings. The lowest BCUT2D eigenvalue weighted by Gasteiger charge is -2.05. The Labute approximate surface area is 111 Å². The molecular formula is C15H13NOS. The summed E-state index contributed by atoms with van der Waals surface area (Å²) < 4.78 is 0. The van der Waals surface area contributed by atoms with Gasteiger partial charge in [-0.15, -0.1) is 17.8 Å². The lowest BCUT2D eigenvalue weighted by molar-refractivity contribution is -0.116. The Morgan fingerprint density at radius 1 is 1.33 bits per heavy atom. The molecule has 2 nitrogen and oxygen atoms in total. The molecule has 90 valence electrons. The van der Waals surface area contributed by atoms with Crippen molar-refractivity contribution in [2.24, 2.45) is 0 Å². The van der Waals surface area contributed by atoms with E-state index in [0.29, 0.717) is 6.42 Å². The monoisotopic (exact) mass is 255 g/mol. The van der Waals surface area contributed by atoms with E-state index < -0.39 is 0 Å². The molecule has 1 amide bonds. The fourth-order valence-electron chi connectivity index (χ4n) is 1.60. The molecule has 0 aliphatic carbocycles. The van der Waals surface area contributed by atoms with Crippen LogP contribution >= 0.6 is 11.3 Å². The summed E-state index contributed by atoms with van der Waals surface area (Å²) in [6, 6.07) is 11.3. The minimum absolute atomic E-state index is 0.0116. The third-order valence-electron chi connectivity index (χ3n) is 2.49. The highest BCUT2D eigenvalue weighted by atomic mass is 32.1. The van der Waals surface area contributed by atoms with Crippen molar-refractivity contribution in [3.63, 3.8) is 0 Å². The molecule has 0 fully saturated rings. The Morgan fingerprint density at radius 2 is 2.22 bits per heavy atom. The van der Waals surface area contributed by atoms with Crippen LogP contribution in [0.15, 0.2) is 41.8 Å². The van der Waals surface area contributed by atoms with Crippen molar-refractivity contribution in [3.05, 3.63) is 52.2 Å². The molecule has 0 spiro atoms. The number of amides is 1. The summed E-state index contributed by atoms with van der Waals surface area (Å²) in [5, 5.41) is 4.87. The maximum absolute atomic E-state index is 11.7. The fraction of sp³-hybridized carbons (Fsp3) is 0.133. The minimum atomic E-state index is 0.0116. The van der Waals surface area contributed by atoms with Gasteiger partial charge in [0.2, 0.25) is 5.91 Å². The summed E-state index contributed by atoms with van der Waals surface area (Å²) in [5.41, 5.74) is 1.52. The van der Waals surface area contributed by atoms with Crippen LogP contribution in [-0.2, 0) is 11.2 Å². The molecule has 0 atom stereocenters. The summed E-state index contributed by atoms with van der Waals surface area (Å²) >= 11 is 1.67. The van der Waals surface area contributed by atoms with Gasteiger partial charge in [-0.25, -0.2) is 0 Å². The highest BCUT2D eigenvalue weighted by Gasteiger charge is 2.03. The normalized spacial score (nSPS) is 9.72. The number of rotatable bonds is 4. The van der Waals surface area contributed by atoms with Crippen molar-refractivity contribution in [2.75, 3.05) is 5.32 Å². The summed E-state index contributed by atoms with van der Waals surface area (Å²) in [5.74, 6) is 2.56. The second kappa shape index (κ2) is 6.04. The number of nitrogens with one attached hydrogen (secondary N) is 1. The molecule has 1 N–H and O–H groups in total. The topological polar surface area (TPSA) is 29.1 Å². The van der Waals surface area contributed by atoms with Crippen LogP contribution in [0.3, 0.4) is 0 Å². The Morgan fingerprint density at radius 3 is 2.94 bits per heavy atom. The van der Waals surface area contributed by atoms with Gasteiger partial charge < -0.3 is 5.32 Å². The minimum Gasteiger partial charge on any atom is -0.326 e. The second-order valence-electron chi connectivity index (χ2n) is 3.85. The van der Waals surface area contributed by atoms with Gasteiger partial charge in [-0.1, -0.05) is 18.1 Å². The standard InChI is InChI=1S/C15H13NOS/c1-2-12-5-3-6-13(11-12)16-15(17)9-8-14-7-4-10-18-14/h1,3-7,10-11H,8-9H2,(H,16,17). The van der Waals surface area contributed by atoms with Crippen LogP contribution in [0, 0.1) is 12.3 Å². The van der Waals surface area contributed by atoms with Crippen molar-refractivity contribution in [2.45, 2.75) is 12.8 Å². The second-order valence-corrected chi connectivity index (χ2v) is 4.88. The first kappa shape index (κ1) is 12.4. The Bertz CT molecular complexity index is 566. The Hall–Kier alpha value is -2.05. The number of carbonyl (C=O) groups excluding carboxylic acids is 1. The van der Waals surface area contributed by atoms with E-state index in [-0.39, 0.29) is 5.91 Å². The molecule has 0 aliphatic heterocycles. The van der Waals surface area contributed by atoms with E-state index in [9.17, 15) is 4.79 Å². The number of thiophene rings is 1. The van der Waals surface area contributed by atoms with Gasteiger partial charge in [0.1, 0.15) is 0 Å². The number of hydrogen-bond donors (Lipinski definition) is 1. The van der Waals surface area contributed by atoms with Crippen LogP contribution in [0.25, 0.3) is 0 Å². The molecule has 0 unspecified atom stereocenters. The average molecular weight is 255 g/mol. The van der Waals surface area contributed by atoms with Crippen molar-refractivity contribution >= 4 is 22.9 Å². The van der Waals surface area contributed by atoms with E-state index in [0.717, 1.165) is 17.7 Å². The van der Waals surface area contributed by atoms with Crippen molar-refractivity contribution < 1.29 is 4.79 Å². The molecule has 0 radical (unpaired) electrons. The smallest absolute Gasteiger partial charge is 0.224 e. The maximum Gasteiger partial charge on any atom is 0.224 e. The predicted molar refractivity (Wildman–Crippen MR) is 75.6 cm³/mol. The molecule has 1 heterocycles. The molecular weight excluding hydrogens is 242 g/mol. The number of anilines is 1. The number of aryl methyl sites for hydroxylation is 1. The van der Waals surface area contributed by atoms with Crippen molar-refractivity contribution in [1.29, 1.82) is 0 Å². The van der Waals surface area contributed by atoms with Gasteiger partial charge in [0.25, 0.3) is 0 Å². The van der Waals surface area contributed by atoms with Gasteiger partial charge >= 0.3 is 0 Å².